The molecule has 0 amide bonds. The second-order valence-corrected chi connectivity index (χ2v) is 3.64. The Bertz CT molecular complexity index is 338. The van der Waals surface area contributed by atoms with Gasteiger partial charge in [0.05, 0.1) is 13.2 Å². The first-order valence-electron chi connectivity index (χ1n) is 4.81. The molecule has 0 bridgehead atoms. The van der Waals surface area contributed by atoms with E-state index < -0.39 is 6.10 Å². The van der Waals surface area contributed by atoms with Gasteiger partial charge >= 0.3 is 0 Å². The van der Waals surface area contributed by atoms with Crippen LogP contribution in [0.4, 0.5) is 0 Å². The Morgan fingerprint density at radius 1 is 1.43 bits per heavy atom. The molecule has 0 aromatic heterocycles. The number of rotatable bonds is 1. The number of aliphatic hydroxyl groups is 1. The van der Waals surface area contributed by atoms with Gasteiger partial charge in [-0.1, -0.05) is 6.07 Å². The maximum Gasteiger partial charge on any atom is 0.119 e. The smallest absolute Gasteiger partial charge is 0.119 e. The predicted molar refractivity (Wildman–Crippen MR) is 54.4 cm³/mol. The molecule has 2 N–H and O–H groups in total. The lowest BCUT2D eigenvalue weighted by atomic mass is 9.93. The number of fused-ring (bicyclic) bond motifs is 1. The molecule has 2 rings (SSSR count). The van der Waals surface area contributed by atoms with Crippen molar-refractivity contribution in [3.8, 4) is 5.75 Å². The number of hydrogen-bond donors (Lipinski definition) is 2. The van der Waals surface area contributed by atoms with Crippen molar-refractivity contribution in [2.75, 3.05) is 13.7 Å². The summed E-state index contributed by atoms with van der Waals surface area (Å²) in [5.41, 5.74) is 2.14. The van der Waals surface area contributed by atoms with E-state index in [4.69, 9.17) is 4.74 Å². The number of benzene rings is 1. The third-order valence-corrected chi connectivity index (χ3v) is 2.74. The van der Waals surface area contributed by atoms with E-state index in [1.54, 1.807) is 7.11 Å². The molecular weight excluding hydrogens is 178 g/mol. The van der Waals surface area contributed by atoms with Crippen LogP contribution in [0.15, 0.2) is 18.2 Å². The van der Waals surface area contributed by atoms with Crippen molar-refractivity contribution in [2.24, 2.45) is 0 Å². The van der Waals surface area contributed by atoms with Crippen LogP contribution in [0.1, 0.15) is 30.2 Å². The molecule has 1 aromatic rings. The number of hydrogen-bond acceptors (Lipinski definition) is 3. The molecule has 1 heterocycles. The zero-order chi connectivity index (χ0) is 10.1. The fourth-order valence-electron chi connectivity index (χ4n) is 1.87. The third kappa shape index (κ3) is 1.49. The van der Waals surface area contributed by atoms with Gasteiger partial charge in [-0.25, -0.2) is 0 Å². The molecule has 1 aliphatic heterocycles. The van der Waals surface area contributed by atoms with Crippen LogP contribution in [0.2, 0.25) is 0 Å². The van der Waals surface area contributed by atoms with Crippen molar-refractivity contribution in [2.45, 2.75) is 19.1 Å². The van der Waals surface area contributed by atoms with Crippen molar-refractivity contribution in [3.63, 3.8) is 0 Å². The van der Waals surface area contributed by atoms with Gasteiger partial charge in [0.25, 0.3) is 0 Å². The lowest BCUT2D eigenvalue weighted by Crippen LogP contribution is -2.31. The largest absolute Gasteiger partial charge is 0.497 e. The van der Waals surface area contributed by atoms with E-state index in [-0.39, 0.29) is 6.04 Å². The number of aliphatic hydroxyl groups excluding tert-OH is 1. The Labute approximate surface area is 83.7 Å². The second-order valence-electron chi connectivity index (χ2n) is 3.64. The average Bonchev–Trinajstić information content (AvgIpc) is 2.23. The van der Waals surface area contributed by atoms with Crippen LogP contribution < -0.4 is 10.1 Å². The normalized spacial score (nSPS) is 25.6. The highest BCUT2D eigenvalue weighted by Crippen LogP contribution is 2.31. The van der Waals surface area contributed by atoms with E-state index in [1.807, 2.05) is 18.2 Å². The summed E-state index contributed by atoms with van der Waals surface area (Å²) >= 11 is 0. The third-order valence-electron chi connectivity index (χ3n) is 2.74. The van der Waals surface area contributed by atoms with Crippen molar-refractivity contribution < 1.29 is 9.84 Å². The number of nitrogens with one attached hydrogen (secondary N) is 1. The summed E-state index contributed by atoms with van der Waals surface area (Å²) in [5, 5.41) is 13.0. The van der Waals surface area contributed by atoms with E-state index in [9.17, 15) is 5.11 Å². The van der Waals surface area contributed by atoms with Gasteiger partial charge < -0.3 is 15.2 Å². The maximum atomic E-state index is 9.74. The molecule has 0 spiro atoms. The maximum absolute atomic E-state index is 9.74. The lowest BCUT2D eigenvalue weighted by Gasteiger charge is -2.28. The standard InChI is InChI=1S/C11H15NO2/c1-7-10-5-8(14-2)3-4-9(10)11(13)6-12-7/h3-5,7,11-13H,6H2,1-2H3/t7-,11-/m1/s1. The highest BCUT2D eigenvalue weighted by Gasteiger charge is 2.22. The summed E-state index contributed by atoms with van der Waals surface area (Å²) < 4.78 is 5.15. The highest BCUT2D eigenvalue weighted by atomic mass is 16.5. The lowest BCUT2D eigenvalue weighted by molar-refractivity contribution is 0.158. The molecule has 0 unspecified atom stereocenters. The molecule has 0 saturated carbocycles. The Kier molecular flexibility index (Phi) is 2.44. The van der Waals surface area contributed by atoms with E-state index in [0.29, 0.717) is 6.54 Å². The SMILES string of the molecule is COc1ccc2c(c1)[C@@H](C)NC[C@H]2O. The molecule has 1 aliphatic rings. The van der Waals surface area contributed by atoms with Crippen molar-refractivity contribution >= 4 is 0 Å². The monoisotopic (exact) mass is 193 g/mol. The van der Waals surface area contributed by atoms with E-state index in [0.717, 1.165) is 16.9 Å². The topological polar surface area (TPSA) is 41.5 Å². The Balaban J connectivity index is 2.45. The van der Waals surface area contributed by atoms with Crippen LogP contribution >= 0.6 is 0 Å². The first kappa shape index (κ1) is 9.49. The fraction of sp³-hybridized carbons (Fsp3) is 0.455. The van der Waals surface area contributed by atoms with Gasteiger partial charge in [-0.3, -0.25) is 0 Å². The summed E-state index contributed by atoms with van der Waals surface area (Å²) in [4.78, 5) is 0. The summed E-state index contributed by atoms with van der Waals surface area (Å²) in [6, 6.07) is 6.09. The van der Waals surface area contributed by atoms with Gasteiger partial charge in [0.1, 0.15) is 5.75 Å². The van der Waals surface area contributed by atoms with Crippen LogP contribution in [0, 0.1) is 0 Å². The summed E-state index contributed by atoms with van der Waals surface area (Å²) in [7, 11) is 1.65. The molecule has 1 aromatic carbocycles. The van der Waals surface area contributed by atoms with E-state index in [2.05, 4.69) is 12.2 Å². The molecular formula is C11H15NO2. The summed E-state index contributed by atoms with van der Waals surface area (Å²) in [6.45, 7) is 2.71. The van der Waals surface area contributed by atoms with Crippen molar-refractivity contribution in [1.82, 2.24) is 5.32 Å². The average molecular weight is 193 g/mol. The van der Waals surface area contributed by atoms with E-state index in [1.165, 1.54) is 0 Å². The molecule has 0 fully saturated rings. The molecule has 0 aliphatic carbocycles. The van der Waals surface area contributed by atoms with Gasteiger partial charge in [-0.2, -0.15) is 0 Å². The number of ether oxygens (including phenoxy) is 1. The first-order chi connectivity index (χ1) is 6.72. The van der Waals surface area contributed by atoms with Gasteiger partial charge in [-0.15, -0.1) is 0 Å². The Hall–Kier alpha value is -1.06. The zero-order valence-corrected chi connectivity index (χ0v) is 8.45. The van der Waals surface area contributed by atoms with Crippen molar-refractivity contribution in [1.29, 1.82) is 0 Å². The van der Waals surface area contributed by atoms with Crippen molar-refractivity contribution in [3.05, 3.63) is 29.3 Å². The van der Waals surface area contributed by atoms with Crippen LogP contribution in [0.25, 0.3) is 0 Å². The minimum atomic E-state index is -0.396. The Morgan fingerprint density at radius 3 is 2.93 bits per heavy atom. The first-order valence-corrected chi connectivity index (χ1v) is 4.81. The number of β-amino-alcohol motifs (C(OH)–C–C–N with tert-alkyl or cyclic N) is 1. The summed E-state index contributed by atoms with van der Waals surface area (Å²) in [5.74, 6) is 0.839. The van der Waals surface area contributed by atoms with E-state index >= 15 is 0 Å². The molecule has 76 valence electrons. The highest BCUT2D eigenvalue weighted by molar-refractivity contribution is 5.40. The minimum Gasteiger partial charge on any atom is -0.497 e. The molecule has 0 saturated heterocycles. The second kappa shape index (κ2) is 3.59. The van der Waals surface area contributed by atoms with Crippen LogP contribution in [0.5, 0.6) is 5.75 Å². The summed E-state index contributed by atoms with van der Waals surface area (Å²) in [6.07, 6.45) is -0.396. The Morgan fingerprint density at radius 2 is 2.21 bits per heavy atom. The molecule has 14 heavy (non-hydrogen) atoms. The molecule has 0 radical (unpaired) electrons. The fourth-order valence-corrected chi connectivity index (χ4v) is 1.87. The quantitative estimate of drug-likeness (QED) is 0.708. The van der Waals surface area contributed by atoms with Gasteiger partial charge in [-0.05, 0) is 30.2 Å². The van der Waals surface area contributed by atoms with Gasteiger partial charge in [0.15, 0.2) is 0 Å². The number of methoxy groups -OCH3 is 1. The van der Waals surface area contributed by atoms with Gasteiger partial charge in [0.2, 0.25) is 0 Å². The zero-order valence-electron chi connectivity index (χ0n) is 8.45. The molecule has 2 atom stereocenters. The van der Waals surface area contributed by atoms with Crippen LogP contribution in [0.3, 0.4) is 0 Å². The molecule has 3 nitrogen and oxygen atoms in total. The van der Waals surface area contributed by atoms with Gasteiger partial charge in [0, 0.05) is 12.6 Å². The molecule has 3 heteroatoms. The van der Waals surface area contributed by atoms with Crippen LogP contribution in [-0.4, -0.2) is 18.8 Å². The minimum absolute atomic E-state index is 0.281. The predicted octanol–water partition coefficient (Wildman–Crippen LogP) is 1.39. The van der Waals surface area contributed by atoms with Crippen LogP contribution in [-0.2, 0) is 0 Å².